The smallest absolute Gasteiger partial charge is 0.271 e. The number of nitro benzene ring substituents is 1. The highest BCUT2D eigenvalue weighted by Crippen LogP contribution is 2.48. The molecule has 0 aromatic heterocycles. The van der Waals surface area contributed by atoms with Gasteiger partial charge in [-0.15, -0.1) is 0 Å². The molecule has 0 spiro atoms. The number of carbonyl (C=O) groups is 2. The van der Waals surface area contributed by atoms with Gasteiger partial charge in [0.25, 0.3) is 11.6 Å². The van der Waals surface area contributed by atoms with Gasteiger partial charge < -0.3 is 9.47 Å². The lowest BCUT2D eigenvalue weighted by molar-refractivity contribution is -0.384. The second-order valence-corrected chi connectivity index (χ2v) is 9.70. The molecular formula is C27H24BrN3O7. The van der Waals surface area contributed by atoms with Gasteiger partial charge in [0.2, 0.25) is 5.91 Å². The van der Waals surface area contributed by atoms with E-state index in [2.05, 4.69) is 15.9 Å². The summed E-state index contributed by atoms with van der Waals surface area (Å²) in [5, 5.41) is 12.8. The van der Waals surface area contributed by atoms with Crippen LogP contribution in [0.25, 0.3) is 0 Å². The predicted octanol–water partition coefficient (Wildman–Crippen LogP) is 5.21. The van der Waals surface area contributed by atoms with Crippen LogP contribution in [-0.2, 0) is 14.4 Å². The quantitative estimate of drug-likeness (QED) is 0.202. The van der Waals surface area contributed by atoms with Crippen LogP contribution in [0.1, 0.15) is 24.9 Å². The van der Waals surface area contributed by atoms with E-state index in [-0.39, 0.29) is 5.69 Å². The minimum Gasteiger partial charge on any atom is -0.496 e. The molecule has 0 aliphatic carbocycles. The molecule has 2 saturated heterocycles. The minimum absolute atomic E-state index is 0.137. The zero-order chi connectivity index (χ0) is 27.0. The number of halogens is 1. The lowest BCUT2D eigenvalue weighted by Gasteiger charge is -2.29. The number of hydroxylamine groups is 1. The molecule has 11 heteroatoms. The summed E-state index contributed by atoms with van der Waals surface area (Å²) in [6, 6.07) is 17.2. The first-order valence-corrected chi connectivity index (χ1v) is 12.8. The van der Waals surface area contributed by atoms with Crippen LogP contribution < -0.4 is 19.4 Å². The summed E-state index contributed by atoms with van der Waals surface area (Å²) >= 11 is 3.49. The number of rotatable bonds is 8. The van der Waals surface area contributed by atoms with E-state index < -0.39 is 34.8 Å². The van der Waals surface area contributed by atoms with Crippen molar-refractivity contribution < 1.29 is 28.8 Å². The monoisotopic (exact) mass is 581 g/mol. The van der Waals surface area contributed by atoms with Gasteiger partial charge >= 0.3 is 0 Å². The van der Waals surface area contributed by atoms with E-state index in [4.69, 9.17) is 14.3 Å². The van der Waals surface area contributed by atoms with Crippen molar-refractivity contribution in [3.05, 3.63) is 86.9 Å². The van der Waals surface area contributed by atoms with Gasteiger partial charge in [0.05, 0.1) is 40.5 Å². The van der Waals surface area contributed by atoms with Gasteiger partial charge in [-0.2, -0.15) is 0 Å². The normalized spacial score (nSPS) is 20.6. The first-order chi connectivity index (χ1) is 18.3. The van der Waals surface area contributed by atoms with E-state index in [1.807, 2.05) is 6.92 Å². The van der Waals surface area contributed by atoms with Crippen molar-refractivity contribution in [3.8, 4) is 11.5 Å². The number of methoxy groups -OCH3 is 1. The molecule has 3 atom stereocenters. The van der Waals surface area contributed by atoms with E-state index in [0.717, 1.165) is 11.3 Å². The molecule has 2 aliphatic heterocycles. The SMILES string of the molecule is CCCOc1ccc(N2C(=O)[C@@H]3[C@H](ON(c4cccc([N+](=O)[O-])c4)[C@@H]3c3ccc(OC)c(Br)c3)C2=O)cc1. The van der Waals surface area contributed by atoms with Gasteiger partial charge in [-0.3, -0.25) is 24.5 Å². The first-order valence-electron chi connectivity index (χ1n) is 12.0. The fourth-order valence-corrected chi connectivity index (χ4v) is 5.31. The maximum atomic E-state index is 13.8. The third-order valence-electron chi connectivity index (χ3n) is 6.50. The molecule has 3 aromatic rings. The lowest BCUT2D eigenvalue weighted by Crippen LogP contribution is -2.37. The number of nitro groups is 1. The van der Waals surface area contributed by atoms with E-state index in [0.29, 0.717) is 39.5 Å². The maximum absolute atomic E-state index is 13.8. The van der Waals surface area contributed by atoms with Gasteiger partial charge in [0, 0.05) is 12.1 Å². The number of nitrogens with zero attached hydrogens (tertiary/aromatic N) is 3. The van der Waals surface area contributed by atoms with Crippen LogP contribution >= 0.6 is 15.9 Å². The Hall–Kier alpha value is -3.96. The standard InChI is InChI=1S/C27H24BrN3O7/c1-3-13-37-20-10-8-17(9-11-20)29-26(32)23-24(16-7-12-22(36-2)21(28)14-16)30(38-25(23)27(29)33)18-5-4-6-19(15-18)31(34)35/h4-12,14-15,23-25H,3,13H2,1-2H3/t23-,24+,25-/m0/s1. The molecule has 2 fully saturated rings. The Bertz CT molecular complexity index is 1400. The first kappa shape index (κ1) is 25.7. The molecular weight excluding hydrogens is 558 g/mol. The Balaban J connectivity index is 1.54. The molecule has 3 aromatic carbocycles. The third kappa shape index (κ3) is 4.48. The fraction of sp³-hybridized carbons (Fsp3) is 0.259. The number of carbonyl (C=O) groups excluding carboxylic acids is 2. The number of ether oxygens (including phenoxy) is 2. The number of imide groups is 1. The van der Waals surface area contributed by atoms with E-state index >= 15 is 0 Å². The van der Waals surface area contributed by atoms with Crippen molar-refractivity contribution in [1.82, 2.24) is 0 Å². The van der Waals surface area contributed by atoms with Gasteiger partial charge in [0.1, 0.15) is 17.4 Å². The van der Waals surface area contributed by atoms with Crippen LogP contribution in [0.15, 0.2) is 71.2 Å². The number of benzene rings is 3. The third-order valence-corrected chi connectivity index (χ3v) is 7.12. The van der Waals surface area contributed by atoms with Gasteiger partial charge in [-0.25, -0.2) is 9.96 Å². The molecule has 0 bridgehead atoms. The van der Waals surface area contributed by atoms with Crippen molar-refractivity contribution in [2.45, 2.75) is 25.5 Å². The summed E-state index contributed by atoms with van der Waals surface area (Å²) in [5.41, 5.74) is 1.30. The summed E-state index contributed by atoms with van der Waals surface area (Å²) in [4.78, 5) is 45.5. The molecule has 5 rings (SSSR count). The van der Waals surface area contributed by atoms with Crippen LogP contribution in [0.3, 0.4) is 0 Å². The summed E-state index contributed by atoms with van der Waals surface area (Å²) in [6.45, 7) is 2.56. The van der Waals surface area contributed by atoms with Crippen LogP contribution in [0.4, 0.5) is 17.1 Å². The average molecular weight is 582 g/mol. The van der Waals surface area contributed by atoms with Crippen molar-refractivity contribution in [2.24, 2.45) is 5.92 Å². The second kappa shape index (κ2) is 10.4. The Morgan fingerprint density at radius 1 is 1.03 bits per heavy atom. The number of amides is 2. The largest absolute Gasteiger partial charge is 0.496 e. The summed E-state index contributed by atoms with van der Waals surface area (Å²) in [7, 11) is 1.54. The van der Waals surface area contributed by atoms with Gasteiger partial charge in [0.15, 0.2) is 6.10 Å². The van der Waals surface area contributed by atoms with Crippen LogP contribution in [0.5, 0.6) is 11.5 Å². The topological polar surface area (TPSA) is 111 Å². The van der Waals surface area contributed by atoms with Crippen LogP contribution in [0.2, 0.25) is 0 Å². The minimum atomic E-state index is -1.11. The number of hydrogen-bond donors (Lipinski definition) is 0. The highest BCUT2D eigenvalue weighted by atomic mass is 79.9. The van der Waals surface area contributed by atoms with Crippen LogP contribution in [-0.4, -0.2) is 36.6 Å². The van der Waals surface area contributed by atoms with Crippen LogP contribution in [0, 0.1) is 16.0 Å². The van der Waals surface area contributed by atoms with Gasteiger partial charge in [-0.1, -0.05) is 19.1 Å². The predicted molar refractivity (Wildman–Crippen MR) is 142 cm³/mol. The highest BCUT2D eigenvalue weighted by molar-refractivity contribution is 9.10. The molecule has 2 heterocycles. The van der Waals surface area contributed by atoms with Gasteiger partial charge in [-0.05, 0) is 70.4 Å². The molecule has 2 aliphatic rings. The number of fused-ring (bicyclic) bond motifs is 1. The Morgan fingerprint density at radius 2 is 1.79 bits per heavy atom. The maximum Gasteiger partial charge on any atom is 0.271 e. The second-order valence-electron chi connectivity index (χ2n) is 8.85. The molecule has 0 saturated carbocycles. The van der Waals surface area contributed by atoms with E-state index in [9.17, 15) is 19.7 Å². The Kier molecular flexibility index (Phi) is 7.04. The summed E-state index contributed by atoms with van der Waals surface area (Å²) < 4.78 is 11.6. The van der Waals surface area contributed by atoms with Crippen molar-refractivity contribution in [3.63, 3.8) is 0 Å². The molecule has 0 N–H and O–H groups in total. The number of hydrogen-bond acceptors (Lipinski definition) is 8. The molecule has 0 unspecified atom stereocenters. The van der Waals surface area contributed by atoms with Crippen molar-refractivity contribution in [2.75, 3.05) is 23.7 Å². The number of non-ortho nitro benzene ring substituents is 1. The highest BCUT2D eigenvalue weighted by Gasteiger charge is 2.60. The molecule has 38 heavy (non-hydrogen) atoms. The Morgan fingerprint density at radius 3 is 2.45 bits per heavy atom. The van der Waals surface area contributed by atoms with E-state index in [1.165, 1.54) is 23.3 Å². The zero-order valence-corrected chi connectivity index (χ0v) is 22.2. The fourth-order valence-electron chi connectivity index (χ4n) is 4.75. The van der Waals surface area contributed by atoms with E-state index in [1.54, 1.807) is 55.6 Å². The average Bonchev–Trinajstić information content (AvgIpc) is 3.43. The lowest BCUT2D eigenvalue weighted by atomic mass is 9.90. The molecule has 10 nitrogen and oxygen atoms in total. The zero-order valence-electron chi connectivity index (χ0n) is 20.6. The summed E-state index contributed by atoms with van der Waals surface area (Å²) in [6.07, 6.45) is -0.251. The van der Waals surface area contributed by atoms with Crippen molar-refractivity contribution in [1.29, 1.82) is 0 Å². The molecule has 2 amide bonds. The molecule has 0 radical (unpaired) electrons. The molecule has 196 valence electrons. The number of anilines is 2. The Labute approximate surface area is 226 Å². The summed E-state index contributed by atoms with van der Waals surface area (Å²) in [5.74, 6) is -0.589. The van der Waals surface area contributed by atoms with Crippen molar-refractivity contribution >= 4 is 44.8 Å².